The fourth-order valence-electron chi connectivity index (χ4n) is 3.47. The monoisotopic (exact) mass is 318 g/mol. The number of hydrogen-bond acceptors (Lipinski definition) is 2. The van der Waals surface area contributed by atoms with Gasteiger partial charge < -0.3 is 8.85 Å². The van der Waals surface area contributed by atoms with E-state index in [2.05, 4.69) is 57.2 Å². The van der Waals surface area contributed by atoms with Crippen molar-refractivity contribution in [1.82, 2.24) is 0 Å². The van der Waals surface area contributed by atoms with Crippen LogP contribution in [0.5, 0.6) is 0 Å². The highest BCUT2D eigenvalue weighted by molar-refractivity contribution is 6.51. The molecule has 2 nitrogen and oxygen atoms in total. The zero-order valence-electron chi connectivity index (χ0n) is 14.3. The van der Waals surface area contributed by atoms with Gasteiger partial charge in [0, 0.05) is 13.2 Å². The molecular weight excluding hydrogens is 288 g/mol. The molecule has 0 fully saturated rings. The molecule has 2 aliphatic carbocycles. The summed E-state index contributed by atoms with van der Waals surface area (Å²) < 4.78 is 12.7. The van der Waals surface area contributed by atoms with Crippen molar-refractivity contribution in [1.29, 1.82) is 0 Å². The Morgan fingerprint density at radius 2 is 1.41 bits per heavy atom. The molecule has 0 bridgehead atoms. The van der Waals surface area contributed by atoms with Gasteiger partial charge in [0.1, 0.15) is 0 Å². The van der Waals surface area contributed by atoms with Crippen LogP contribution in [0.1, 0.15) is 52.9 Å². The van der Waals surface area contributed by atoms with E-state index < -0.39 is 9.28 Å². The van der Waals surface area contributed by atoms with Crippen LogP contribution in [0, 0.1) is 0 Å². The summed E-state index contributed by atoms with van der Waals surface area (Å²) in [7, 11) is -1.84. The molecule has 0 aromatic rings. The Kier molecular flexibility index (Phi) is 6.87. The van der Waals surface area contributed by atoms with Crippen LogP contribution in [0.15, 0.2) is 47.6 Å². The quantitative estimate of drug-likeness (QED) is 0.529. The lowest BCUT2D eigenvalue weighted by molar-refractivity contribution is 0.179. The molecule has 0 N–H and O–H groups in total. The molecule has 2 aliphatic rings. The minimum Gasteiger partial charge on any atom is -0.396 e. The van der Waals surface area contributed by atoms with E-state index in [1.807, 2.05) is 0 Å². The number of rotatable bonds is 10. The summed E-state index contributed by atoms with van der Waals surface area (Å²) in [6, 6.07) is 0. The SMILES string of the molecule is CCCO[SiH](OCCC)C(CC)(C1=CC=CC1)C1=CC=CC1. The molecule has 0 aromatic carbocycles. The maximum atomic E-state index is 6.35. The van der Waals surface area contributed by atoms with Gasteiger partial charge in [-0.05, 0) is 32.1 Å². The van der Waals surface area contributed by atoms with Crippen molar-refractivity contribution < 1.29 is 8.85 Å². The Hall–Kier alpha value is -0.903. The van der Waals surface area contributed by atoms with Crippen LogP contribution in [0.2, 0.25) is 5.04 Å². The predicted octanol–water partition coefficient (Wildman–Crippen LogP) is 4.98. The van der Waals surface area contributed by atoms with Crippen LogP contribution in [-0.2, 0) is 8.85 Å². The van der Waals surface area contributed by atoms with Crippen LogP contribution in [-0.4, -0.2) is 22.5 Å². The molecule has 0 saturated carbocycles. The summed E-state index contributed by atoms with van der Waals surface area (Å²) in [6.45, 7) is 8.26. The second-order valence-corrected chi connectivity index (χ2v) is 8.36. The fourth-order valence-corrected chi connectivity index (χ4v) is 6.40. The normalized spacial score (nSPS) is 17.5. The van der Waals surface area contributed by atoms with Crippen molar-refractivity contribution in [2.75, 3.05) is 13.2 Å². The Labute approximate surface area is 137 Å². The summed E-state index contributed by atoms with van der Waals surface area (Å²) in [5, 5.41) is 0.0112. The average Bonchev–Trinajstić information content (AvgIpc) is 3.24. The molecule has 0 spiro atoms. The van der Waals surface area contributed by atoms with Crippen molar-refractivity contribution in [3.63, 3.8) is 0 Å². The van der Waals surface area contributed by atoms with E-state index in [1.165, 1.54) is 11.1 Å². The van der Waals surface area contributed by atoms with Gasteiger partial charge in [0.2, 0.25) is 0 Å². The molecular formula is C19H30O2Si. The van der Waals surface area contributed by atoms with Crippen molar-refractivity contribution in [2.45, 2.75) is 57.9 Å². The van der Waals surface area contributed by atoms with E-state index in [9.17, 15) is 0 Å². The second-order valence-electron chi connectivity index (χ2n) is 6.05. The summed E-state index contributed by atoms with van der Waals surface area (Å²) in [5.41, 5.74) is 2.99. The molecule has 3 heteroatoms. The smallest absolute Gasteiger partial charge is 0.336 e. The topological polar surface area (TPSA) is 18.5 Å². The van der Waals surface area contributed by atoms with Gasteiger partial charge >= 0.3 is 9.28 Å². The first kappa shape index (κ1) is 17.5. The molecule has 2 rings (SSSR count). The maximum absolute atomic E-state index is 6.35. The van der Waals surface area contributed by atoms with E-state index in [1.54, 1.807) is 0 Å². The van der Waals surface area contributed by atoms with Crippen molar-refractivity contribution in [3.05, 3.63) is 47.6 Å². The van der Waals surface area contributed by atoms with Gasteiger partial charge in [-0.2, -0.15) is 0 Å². The van der Waals surface area contributed by atoms with Gasteiger partial charge in [-0.15, -0.1) is 0 Å². The maximum Gasteiger partial charge on any atom is 0.336 e. The summed E-state index contributed by atoms with van der Waals surface area (Å²) in [6.07, 6.45) is 18.7. The molecule has 0 saturated heterocycles. The van der Waals surface area contributed by atoms with Gasteiger partial charge in [0.05, 0.1) is 5.04 Å². The Bertz CT molecular complexity index is 436. The largest absolute Gasteiger partial charge is 0.396 e. The number of hydrogen-bond donors (Lipinski definition) is 0. The lowest BCUT2D eigenvalue weighted by Crippen LogP contribution is -2.41. The van der Waals surface area contributed by atoms with Crippen molar-refractivity contribution >= 4 is 9.28 Å². The van der Waals surface area contributed by atoms with E-state index >= 15 is 0 Å². The lowest BCUT2D eigenvalue weighted by atomic mass is 9.85. The molecule has 0 aromatic heterocycles. The molecule has 0 aliphatic heterocycles. The first-order valence-corrected chi connectivity index (χ1v) is 10.3. The van der Waals surface area contributed by atoms with Crippen LogP contribution < -0.4 is 0 Å². The highest BCUT2D eigenvalue weighted by Gasteiger charge is 2.47. The third kappa shape index (κ3) is 3.53. The fraction of sp³-hybridized carbons (Fsp3) is 0.579. The van der Waals surface area contributed by atoms with Gasteiger partial charge in [-0.25, -0.2) is 0 Å². The molecule has 0 atom stereocenters. The zero-order chi connectivity index (χ0) is 15.8. The van der Waals surface area contributed by atoms with Crippen LogP contribution >= 0.6 is 0 Å². The van der Waals surface area contributed by atoms with Gasteiger partial charge in [-0.1, -0.05) is 68.4 Å². The molecule has 0 heterocycles. The molecule has 0 unspecified atom stereocenters. The lowest BCUT2D eigenvalue weighted by Gasteiger charge is -2.41. The first-order valence-electron chi connectivity index (χ1n) is 8.75. The van der Waals surface area contributed by atoms with Crippen LogP contribution in [0.4, 0.5) is 0 Å². The summed E-state index contributed by atoms with van der Waals surface area (Å²) >= 11 is 0. The van der Waals surface area contributed by atoms with E-state index in [0.29, 0.717) is 0 Å². The highest BCUT2D eigenvalue weighted by Crippen LogP contribution is 2.54. The number of allylic oxidation sites excluding steroid dienone is 8. The van der Waals surface area contributed by atoms with Crippen LogP contribution in [0.3, 0.4) is 0 Å². The van der Waals surface area contributed by atoms with Gasteiger partial charge in [-0.3, -0.25) is 0 Å². The van der Waals surface area contributed by atoms with Gasteiger partial charge in [0.15, 0.2) is 0 Å². The predicted molar refractivity (Wildman–Crippen MR) is 96.3 cm³/mol. The second kappa shape index (κ2) is 8.66. The van der Waals surface area contributed by atoms with Gasteiger partial charge in [0.25, 0.3) is 0 Å². The van der Waals surface area contributed by atoms with Crippen molar-refractivity contribution in [2.24, 2.45) is 0 Å². The third-order valence-electron chi connectivity index (χ3n) is 4.60. The molecule has 0 amide bonds. The van der Waals surface area contributed by atoms with E-state index in [4.69, 9.17) is 8.85 Å². The summed E-state index contributed by atoms with van der Waals surface area (Å²) in [5.74, 6) is 0. The van der Waals surface area contributed by atoms with E-state index in [0.717, 1.165) is 45.3 Å². The Balaban J connectivity index is 2.34. The molecule has 0 radical (unpaired) electrons. The average molecular weight is 319 g/mol. The molecule has 22 heavy (non-hydrogen) atoms. The highest BCUT2D eigenvalue weighted by atomic mass is 28.3. The minimum atomic E-state index is -1.84. The Morgan fingerprint density at radius 3 is 1.73 bits per heavy atom. The standard InChI is InChI=1S/C19H30O2Si/c1-4-15-20-22(21-16-5-2)19(6-3,17-11-7-8-12-17)18-13-9-10-14-18/h7-11,13,22H,4-6,12,14-16H2,1-3H3. The minimum absolute atomic E-state index is 0.0112. The first-order chi connectivity index (χ1) is 10.8. The third-order valence-corrected chi connectivity index (χ3v) is 7.63. The van der Waals surface area contributed by atoms with Crippen LogP contribution in [0.25, 0.3) is 0 Å². The van der Waals surface area contributed by atoms with Crippen molar-refractivity contribution in [3.8, 4) is 0 Å². The summed E-state index contributed by atoms with van der Waals surface area (Å²) in [4.78, 5) is 0. The van der Waals surface area contributed by atoms with E-state index in [-0.39, 0.29) is 5.04 Å². The molecule has 122 valence electrons. The Morgan fingerprint density at radius 1 is 0.909 bits per heavy atom. The zero-order valence-corrected chi connectivity index (χ0v) is 15.5.